The fraction of sp³-hybridized carbons (Fsp3) is 0.975. The average Bonchev–Trinajstić information content (AvgIpc) is 3.65. The van der Waals surface area contributed by atoms with Gasteiger partial charge in [0.1, 0.15) is 0 Å². The van der Waals surface area contributed by atoms with Crippen molar-refractivity contribution >= 4 is 11.0 Å². The molecule has 0 saturated carbocycles. The third-order valence-electron chi connectivity index (χ3n) is 0. The van der Waals surface area contributed by atoms with Crippen molar-refractivity contribution < 1.29 is 11.0 Å². The first kappa shape index (κ1) is 368. The average molecular weight is 1270 g/mol. The van der Waals surface area contributed by atoms with Crippen LogP contribution in [0.1, 0.15) is 541 Å². The molecule has 4 N–H and O–H groups in total. The van der Waals surface area contributed by atoms with Crippen molar-refractivity contribution in [2.75, 3.05) is 0 Å². The Labute approximate surface area is 573 Å². The second-order valence-corrected chi connectivity index (χ2v) is 1.41. The highest BCUT2D eigenvalue weighted by atomic mass is 28.1. The number of hydrogen-bond acceptors (Lipinski definition) is 0. The molecule has 0 fully saturated rings. The van der Waals surface area contributed by atoms with E-state index in [1.54, 1.807) is 0 Å². The lowest BCUT2D eigenvalue weighted by Gasteiger charge is -1.48. The molecule has 2 nitrogen and oxygen atoms in total. The van der Waals surface area contributed by atoms with E-state index in [4.69, 9.17) is 0 Å². The minimum absolute atomic E-state index is 0. The molecule has 0 aromatic carbocycles. The van der Waals surface area contributed by atoms with Crippen molar-refractivity contribution in [3.8, 4) is 0 Å². The molecular weight excluding hydrogens is 1020 g/mol. The van der Waals surface area contributed by atoms with Crippen molar-refractivity contribution in [1.82, 2.24) is 0 Å². The van der Waals surface area contributed by atoms with Gasteiger partial charge in [0.2, 0.25) is 0 Å². The highest BCUT2D eigenvalue weighted by molar-refractivity contribution is 5.75. The topological polar surface area (TPSA) is 63.0 Å². The maximum absolute atomic E-state index is 3.00. The van der Waals surface area contributed by atoms with Crippen molar-refractivity contribution in [3.05, 3.63) is 13.2 Å². The lowest BCUT2D eigenvalue weighted by Crippen LogP contribution is -1.27. The van der Waals surface area contributed by atoms with Gasteiger partial charge in [-0.3, -0.25) is 0 Å². The zero-order chi connectivity index (χ0) is 75.4. The Balaban J connectivity index is -0.00000000448. The molecule has 83 heavy (non-hydrogen) atoms. The molecule has 0 unspecified atom stereocenters. The van der Waals surface area contributed by atoms with Crippen molar-refractivity contribution in [1.29, 1.82) is 0 Å². The Kier molecular flexibility index (Phi) is 673000. The van der Waals surface area contributed by atoms with Crippen LogP contribution >= 0.6 is 0 Å². The summed E-state index contributed by atoms with van der Waals surface area (Å²) in [6.45, 7) is 150. The Hall–Kier alpha value is -0.123. The summed E-state index contributed by atoms with van der Waals surface area (Å²) in [5.41, 5.74) is 0. The van der Waals surface area contributed by atoms with Crippen LogP contribution in [0.25, 0.3) is 0 Å². The fourth-order valence-electron chi connectivity index (χ4n) is 0. The Morgan fingerprint density at radius 2 is 0.120 bits per heavy atom. The van der Waals surface area contributed by atoms with Crippen LogP contribution in [0.4, 0.5) is 0 Å². The Morgan fingerprint density at radius 1 is 0.120 bits per heavy atom. The van der Waals surface area contributed by atoms with Gasteiger partial charge in [-0.25, -0.2) is 0 Å². The SMILES string of the molecule is C.C.C.C.C=C.CC.CC.CC.CC.CC.CC.CC.CC.CC.CC.CC.CC.CC.CC.CC.CC.CC.CC.CC.CC.CC.CC.CC.CC.CC.CC.CC.CC.CC.CC.CC.CC.CC.CC.CCC.CCC.O.O.[SiH4]. The molecule has 0 amide bonds. The predicted octanol–water partition coefficient (Wildman–Crippen LogP) is 38.0. The summed E-state index contributed by atoms with van der Waals surface area (Å²) in [6, 6.07) is 0. The van der Waals surface area contributed by atoms with Crippen molar-refractivity contribution in [2.24, 2.45) is 0 Å². The Morgan fingerprint density at radius 3 is 0.120 bits per heavy atom. The largest absolute Gasteiger partial charge is 0.412 e. The van der Waals surface area contributed by atoms with E-state index in [-0.39, 0.29) is 51.6 Å². The molecule has 584 valence electrons. The molecule has 0 aliphatic heterocycles. The van der Waals surface area contributed by atoms with Crippen LogP contribution in [0, 0.1) is 0 Å². The molecule has 0 rings (SSSR count). The first-order chi connectivity index (χ1) is 37.8. The Bertz CT molecular complexity index is 28.9. The molecule has 0 aromatic rings. The quantitative estimate of drug-likeness (QED) is 0.171. The van der Waals surface area contributed by atoms with Crippen LogP contribution in [0.2, 0.25) is 0 Å². The highest BCUT2D eigenvalue weighted by Crippen LogP contribution is 1.56. The van der Waals surface area contributed by atoms with Crippen LogP contribution in [-0.2, 0) is 0 Å². The fourth-order valence-corrected chi connectivity index (χ4v) is 0. The van der Waals surface area contributed by atoms with Crippen LogP contribution < -0.4 is 0 Å². The summed E-state index contributed by atoms with van der Waals surface area (Å²) in [6.07, 6.45) is 2.50. The van der Waals surface area contributed by atoms with E-state index >= 15 is 0 Å². The number of rotatable bonds is 0. The van der Waals surface area contributed by atoms with Gasteiger partial charge in [0, 0.05) is 0 Å². The first-order valence-corrected chi connectivity index (χ1v) is 37.3. The van der Waals surface area contributed by atoms with Gasteiger partial charge < -0.3 is 11.0 Å². The van der Waals surface area contributed by atoms with Crippen LogP contribution in [0.15, 0.2) is 13.2 Å². The molecule has 0 heterocycles. The third kappa shape index (κ3) is 34500000. The third-order valence-corrected chi connectivity index (χ3v) is 0. The maximum Gasteiger partial charge on any atom is -0.0149 e. The molecule has 0 radical (unpaired) electrons. The highest BCUT2D eigenvalue weighted by Gasteiger charge is 1.36. The normalized spacial score (nSPS) is 2.94. The van der Waals surface area contributed by atoms with E-state index in [9.17, 15) is 0 Å². The lowest BCUT2D eigenvalue weighted by atomic mass is 10.6. The van der Waals surface area contributed by atoms with Gasteiger partial charge in [-0.05, 0) is 11.0 Å². The molecule has 0 aliphatic rings. The van der Waals surface area contributed by atoms with Gasteiger partial charge >= 0.3 is 0 Å². The monoisotopic (exact) mass is 1270 g/mol. The maximum atomic E-state index is 3.00. The van der Waals surface area contributed by atoms with E-state index in [1.807, 2.05) is 471 Å². The van der Waals surface area contributed by atoms with Gasteiger partial charge in [-0.15, -0.1) is 13.2 Å². The minimum Gasteiger partial charge on any atom is -0.412 e. The molecule has 0 aromatic heterocycles. The van der Waals surface area contributed by atoms with E-state index in [2.05, 4.69) is 40.9 Å². The molecule has 0 spiro atoms. The molecular formula is C80H248O2Si. The van der Waals surface area contributed by atoms with E-state index < -0.39 is 0 Å². The lowest BCUT2D eigenvalue weighted by molar-refractivity contribution is 0.823. The van der Waals surface area contributed by atoms with Gasteiger partial charge in [0.25, 0.3) is 0 Å². The summed E-state index contributed by atoms with van der Waals surface area (Å²) in [5.74, 6) is 0. The number of hydrogen-bond donors (Lipinski definition) is 0. The van der Waals surface area contributed by atoms with Crippen molar-refractivity contribution in [2.45, 2.75) is 541 Å². The molecule has 0 atom stereocenters. The first-order valence-electron chi connectivity index (χ1n) is 37.3. The smallest absolute Gasteiger partial charge is 0.0149 e. The van der Waals surface area contributed by atoms with E-state index in [1.165, 1.54) is 12.8 Å². The molecule has 0 saturated heterocycles. The van der Waals surface area contributed by atoms with Crippen LogP contribution in [0.3, 0.4) is 0 Å². The second-order valence-electron chi connectivity index (χ2n) is 1.41. The molecule has 3 heteroatoms. The molecule has 0 aliphatic carbocycles. The standard InChI is InChI=1S/2C3H8.34C2H6.C2H4.4CH4.2H2O.H4Si/c2*1-3-2;35*1-2;;;;;;;/h2*3H2,1-2H3;34*1-2H3;1-2H2;4*1H4;2*1H2;1H4. The summed E-state index contributed by atoms with van der Waals surface area (Å²) < 4.78 is 0. The van der Waals surface area contributed by atoms with Crippen LogP contribution in [-0.4, -0.2) is 21.9 Å². The second kappa shape index (κ2) is 152000. The summed E-state index contributed by atoms with van der Waals surface area (Å²) in [4.78, 5) is 0. The van der Waals surface area contributed by atoms with Gasteiger partial charge in [0.05, 0.1) is 0 Å². The van der Waals surface area contributed by atoms with Gasteiger partial charge in [0.15, 0.2) is 0 Å². The van der Waals surface area contributed by atoms with Gasteiger partial charge in [-0.2, -0.15) is 0 Å². The minimum atomic E-state index is 0. The van der Waals surface area contributed by atoms with Gasteiger partial charge in [-0.1, -0.05) is 541 Å². The summed E-state index contributed by atoms with van der Waals surface area (Å²) in [5, 5.41) is 0. The zero-order valence-electron chi connectivity index (χ0n) is 75.8. The zero-order valence-corrected chi connectivity index (χ0v) is 75.8. The molecule has 0 bridgehead atoms. The van der Waals surface area contributed by atoms with E-state index in [0.717, 1.165) is 0 Å². The predicted molar refractivity (Wildman–Crippen MR) is 475 cm³/mol. The summed E-state index contributed by atoms with van der Waals surface area (Å²) >= 11 is 0. The van der Waals surface area contributed by atoms with E-state index in [0.29, 0.717) is 0 Å². The van der Waals surface area contributed by atoms with Crippen molar-refractivity contribution in [3.63, 3.8) is 0 Å². The van der Waals surface area contributed by atoms with Crippen LogP contribution in [0.5, 0.6) is 0 Å². The summed E-state index contributed by atoms with van der Waals surface area (Å²) in [7, 11) is 0.